The highest BCUT2D eigenvalue weighted by Crippen LogP contribution is 2.16. The largest absolute Gasteiger partial charge is 0.522 e. The fourth-order valence-corrected chi connectivity index (χ4v) is 1.08. The van der Waals surface area contributed by atoms with Crippen molar-refractivity contribution >= 4 is 0 Å². The Bertz CT molecular complexity index is 271. The van der Waals surface area contributed by atoms with Gasteiger partial charge >= 0.3 is 6.36 Å². The van der Waals surface area contributed by atoms with Gasteiger partial charge in [0, 0.05) is 6.54 Å². The molecule has 15 heavy (non-hydrogen) atoms. The van der Waals surface area contributed by atoms with Gasteiger partial charge in [-0.3, -0.25) is 4.74 Å². The fourth-order valence-electron chi connectivity index (χ4n) is 1.08. The summed E-state index contributed by atoms with van der Waals surface area (Å²) >= 11 is 0. The summed E-state index contributed by atoms with van der Waals surface area (Å²) in [6, 6.07) is 3.35. The fraction of sp³-hybridized carbons (Fsp3) is 0.556. The van der Waals surface area contributed by atoms with E-state index >= 15 is 0 Å². The van der Waals surface area contributed by atoms with Crippen LogP contribution in [-0.4, -0.2) is 19.5 Å². The zero-order valence-electron chi connectivity index (χ0n) is 8.17. The van der Waals surface area contributed by atoms with E-state index in [1.54, 1.807) is 19.1 Å². The molecule has 0 saturated heterocycles. The molecule has 0 aliphatic rings. The molecule has 0 saturated carbocycles. The van der Waals surface area contributed by atoms with E-state index in [9.17, 15) is 13.2 Å². The zero-order chi connectivity index (χ0) is 11.3. The van der Waals surface area contributed by atoms with Crippen molar-refractivity contribution in [1.82, 2.24) is 5.32 Å². The van der Waals surface area contributed by atoms with Gasteiger partial charge in [0.15, 0.2) is 0 Å². The lowest BCUT2D eigenvalue weighted by Crippen LogP contribution is -2.26. The number of hydrogen-bond acceptors (Lipinski definition) is 3. The molecule has 0 aliphatic carbocycles. The minimum absolute atomic E-state index is 0.112. The van der Waals surface area contributed by atoms with Gasteiger partial charge in [-0.1, -0.05) is 0 Å². The number of ether oxygens (including phenoxy) is 1. The third-order valence-corrected chi connectivity index (χ3v) is 1.79. The summed E-state index contributed by atoms with van der Waals surface area (Å²) in [6.07, 6.45) is -3.05. The van der Waals surface area contributed by atoms with E-state index in [1.807, 2.05) is 0 Å². The molecule has 0 spiro atoms. The normalized spacial score (nSPS) is 14.1. The maximum atomic E-state index is 11.6. The van der Waals surface area contributed by atoms with E-state index in [-0.39, 0.29) is 12.6 Å². The van der Waals surface area contributed by atoms with Crippen LogP contribution in [0, 0.1) is 0 Å². The summed E-state index contributed by atoms with van der Waals surface area (Å²) in [5.74, 6) is 0.682. The van der Waals surface area contributed by atoms with Crippen LogP contribution in [0.1, 0.15) is 18.7 Å². The second-order valence-corrected chi connectivity index (χ2v) is 2.99. The van der Waals surface area contributed by atoms with Crippen molar-refractivity contribution in [2.45, 2.75) is 19.3 Å². The molecule has 0 amide bonds. The summed E-state index contributed by atoms with van der Waals surface area (Å²) in [4.78, 5) is 0. The lowest BCUT2D eigenvalue weighted by atomic mass is 10.2. The highest BCUT2D eigenvalue weighted by molar-refractivity contribution is 5.02. The molecular weight excluding hydrogens is 211 g/mol. The molecule has 1 rings (SSSR count). The molecule has 0 aliphatic heterocycles. The molecule has 1 aromatic heterocycles. The molecule has 0 radical (unpaired) electrons. The first-order chi connectivity index (χ1) is 6.99. The third-order valence-electron chi connectivity index (χ3n) is 1.79. The van der Waals surface area contributed by atoms with Gasteiger partial charge < -0.3 is 9.73 Å². The summed E-state index contributed by atoms with van der Waals surface area (Å²) in [7, 11) is 0. The average molecular weight is 223 g/mol. The number of nitrogens with one attached hydrogen (secondary N) is 1. The Morgan fingerprint density at radius 1 is 1.53 bits per heavy atom. The quantitative estimate of drug-likeness (QED) is 0.778. The first-order valence-corrected chi connectivity index (χ1v) is 4.46. The number of alkyl halides is 3. The Hall–Kier alpha value is -1.01. The molecule has 1 N–H and O–H groups in total. The topological polar surface area (TPSA) is 34.4 Å². The minimum atomic E-state index is -4.56. The molecule has 1 atom stereocenters. The number of rotatable bonds is 5. The molecule has 86 valence electrons. The van der Waals surface area contributed by atoms with Crippen molar-refractivity contribution in [3.05, 3.63) is 24.2 Å². The van der Waals surface area contributed by atoms with Gasteiger partial charge in [-0.25, -0.2) is 0 Å². The maximum absolute atomic E-state index is 11.6. The lowest BCUT2D eigenvalue weighted by Gasteiger charge is -2.12. The van der Waals surface area contributed by atoms with E-state index in [0.717, 1.165) is 0 Å². The maximum Gasteiger partial charge on any atom is 0.522 e. The smallest absolute Gasteiger partial charge is 0.468 e. The van der Waals surface area contributed by atoms with Crippen molar-refractivity contribution in [3.63, 3.8) is 0 Å². The molecule has 3 nitrogen and oxygen atoms in total. The Kier molecular flexibility index (Phi) is 4.16. The van der Waals surface area contributed by atoms with E-state index in [2.05, 4.69) is 10.1 Å². The van der Waals surface area contributed by atoms with Gasteiger partial charge in [-0.05, 0) is 19.1 Å². The molecule has 0 fully saturated rings. The second-order valence-electron chi connectivity index (χ2n) is 2.99. The number of hydrogen-bond donors (Lipinski definition) is 1. The van der Waals surface area contributed by atoms with E-state index in [1.165, 1.54) is 6.26 Å². The van der Waals surface area contributed by atoms with Crippen molar-refractivity contribution in [3.8, 4) is 0 Å². The monoisotopic (exact) mass is 223 g/mol. The van der Waals surface area contributed by atoms with Gasteiger partial charge in [-0.2, -0.15) is 0 Å². The highest BCUT2D eigenvalue weighted by Gasteiger charge is 2.28. The first kappa shape index (κ1) is 12.1. The van der Waals surface area contributed by atoms with Crippen LogP contribution < -0.4 is 5.32 Å². The number of halogens is 3. The lowest BCUT2D eigenvalue weighted by molar-refractivity contribution is -0.323. The Morgan fingerprint density at radius 3 is 2.80 bits per heavy atom. The van der Waals surface area contributed by atoms with Crippen molar-refractivity contribution in [2.24, 2.45) is 0 Å². The van der Waals surface area contributed by atoms with Crippen LogP contribution in [0.5, 0.6) is 0 Å². The van der Waals surface area contributed by atoms with Gasteiger partial charge in [-0.15, -0.1) is 13.2 Å². The summed E-state index contributed by atoms with van der Waals surface area (Å²) in [5, 5.41) is 2.84. The molecule has 0 aromatic carbocycles. The van der Waals surface area contributed by atoms with Crippen molar-refractivity contribution < 1.29 is 22.3 Å². The van der Waals surface area contributed by atoms with E-state index in [4.69, 9.17) is 4.42 Å². The van der Waals surface area contributed by atoms with E-state index < -0.39 is 13.0 Å². The third kappa shape index (κ3) is 4.85. The number of furan rings is 1. The molecule has 1 aromatic rings. The molecule has 6 heteroatoms. The first-order valence-electron chi connectivity index (χ1n) is 4.46. The van der Waals surface area contributed by atoms with Gasteiger partial charge in [0.2, 0.25) is 0 Å². The van der Waals surface area contributed by atoms with Crippen LogP contribution in [0.3, 0.4) is 0 Å². The molecular formula is C9H12F3NO2. The summed E-state index contributed by atoms with van der Waals surface area (Å²) in [5.41, 5.74) is 0. The van der Waals surface area contributed by atoms with Crippen molar-refractivity contribution in [1.29, 1.82) is 0 Å². The van der Waals surface area contributed by atoms with Crippen LogP contribution in [0.15, 0.2) is 22.8 Å². The van der Waals surface area contributed by atoms with Crippen LogP contribution in [0.25, 0.3) is 0 Å². The zero-order valence-corrected chi connectivity index (χ0v) is 8.17. The van der Waals surface area contributed by atoms with Crippen molar-refractivity contribution in [2.75, 3.05) is 13.2 Å². The molecule has 1 heterocycles. The van der Waals surface area contributed by atoms with E-state index in [0.29, 0.717) is 5.76 Å². The average Bonchev–Trinajstić information content (AvgIpc) is 2.63. The Morgan fingerprint density at radius 2 is 2.27 bits per heavy atom. The van der Waals surface area contributed by atoms with Crippen LogP contribution in [0.4, 0.5) is 13.2 Å². The Labute approximate surface area is 85.2 Å². The van der Waals surface area contributed by atoms with Crippen LogP contribution >= 0.6 is 0 Å². The standard InChI is InChI=1S/C9H12F3NO2/c1-7(8-3-2-5-14-8)13-4-6-15-9(10,11)12/h2-3,5,7,13H,4,6H2,1H3. The summed E-state index contributed by atoms with van der Waals surface area (Å²) in [6.45, 7) is 1.50. The van der Waals surface area contributed by atoms with Crippen LogP contribution in [0.2, 0.25) is 0 Å². The second kappa shape index (κ2) is 5.18. The van der Waals surface area contributed by atoms with Gasteiger partial charge in [0.05, 0.1) is 18.9 Å². The highest BCUT2D eigenvalue weighted by atomic mass is 19.4. The van der Waals surface area contributed by atoms with Gasteiger partial charge in [0.1, 0.15) is 5.76 Å². The SMILES string of the molecule is CC(NCCOC(F)(F)F)c1ccco1. The molecule has 1 unspecified atom stereocenters. The predicted molar refractivity (Wildman–Crippen MR) is 47.1 cm³/mol. The minimum Gasteiger partial charge on any atom is -0.468 e. The van der Waals surface area contributed by atoms with Gasteiger partial charge in [0.25, 0.3) is 0 Å². The summed E-state index contributed by atoms with van der Waals surface area (Å²) < 4.78 is 43.4. The van der Waals surface area contributed by atoms with Crippen LogP contribution in [-0.2, 0) is 4.74 Å². The molecule has 0 bridgehead atoms. The predicted octanol–water partition coefficient (Wildman–Crippen LogP) is 2.47. The Balaban J connectivity index is 2.16.